The minimum absolute atomic E-state index is 0.551. The van der Waals surface area contributed by atoms with Gasteiger partial charge in [-0.05, 0) is 68.0 Å². The summed E-state index contributed by atoms with van der Waals surface area (Å²) in [6.45, 7) is 4.91. The third-order valence-corrected chi connectivity index (χ3v) is 4.41. The lowest BCUT2D eigenvalue weighted by Gasteiger charge is -2.09. The third kappa shape index (κ3) is 3.04. The van der Waals surface area contributed by atoms with Crippen molar-refractivity contribution in [3.05, 3.63) is 53.6 Å². The highest BCUT2D eigenvalue weighted by Gasteiger charge is 2.22. The SMILES string of the molecule is Cc1cc(-c2noc(-c3ccccc3C)n2)ccc1OCC1CC1. The van der Waals surface area contributed by atoms with Gasteiger partial charge >= 0.3 is 0 Å². The highest BCUT2D eigenvalue weighted by Crippen LogP contribution is 2.31. The molecule has 0 saturated heterocycles. The van der Waals surface area contributed by atoms with Crippen molar-refractivity contribution in [1.82, 2.24) is 10.1 Å². The van der Waals surface area contributed by atoms with Crippen LogP contribution in [0.1, 0.15) is 24.0 Å². The van der Waals surface area contributed by atoms with Gasteiger partial charge in [-0.1, -0.05) is 23.4 Å². The van der Waals surface area contributed by atoms with Crippen molar-refractivity contribution in [3.63, 3.8) is 0 Å². The third-order valence-electron chi connectivity index (χ3n) is 4.41. The van der Waals surface area contributed by atoms with Crippen LogP contribution in [0.4, 0.5) is 0 Å². The highest BCUT2D eigenvalue weighted by molar-refractivity contribution is 5.63. The molecule has 0 amide bonds. The molecule has 2 aromatic carbocycles. The van der Waals surface area contributed by atoms with E-state index < -0.39 is 0 Å². The molecule has 0 unspecified atom stereocenters. The Hall–Kier alpha value is -2.62. The van der Waals surface area contributed by atoms with Gasteiger partial charge in [0, 0.05) is 11.1 Å². The lowest BCUT2D eigenvalue weighted by molar-refractivity contribution is 0.298. The van der Waals surface area contributed by atoms with Crippen LogP contribution in [0.15, 0.2) is 47.0 Å². The monoisotopic (exact) mass is 320 g/mol. The molecular weight excluding hydrogens is 300 g/mol. The Bertz CT molecular complexity index is 866. The van der Waals surface area contributed by atoms with E-state index in [9.17, 15) is 0 Å². The number of ether oxygens (including phenoxy) is 1. The van der Waals surface area contributed by atoms with Crippen molar-refractivity contribution in [1.29, 1.82) is 0 Å². The van der Waals surface area contributed by atoms with E-state index >= 15 is 0 Å². The Kier molecular flexibility index (Phi) is 3.81. The molecule has 1 aliphatic rings. The maximum absolute atomic E-state index is 5.88. The van der Waals surface area contributed by atoms with E-state index in [1.54, 1.807) is 0 Å². The molecule has 3 aromatic rings. The van der Waals surface area contributed by atoms with Crippen LogP contribution in [-0.2, 0) is 0 Å². The van der Waals surface area contributed by atoms with Crippen molar-refractivity contribution in [2.24, 2.45) is 5.92 Å². The predicted molar refractivity (Wildman–Crippen MR) is 92.9 cm³/mol. The molecule has 24 heavy (non-hydrogen) atoms. The van der Waals surface area contributed by atoms with Gasteiger partial charge in [0.1, 0.15) is 5.75 Å². The van der Waals surface area contributed by atoms with Crippen LogP contribution >= 0.6 is 0 Å². The Morgan fingerprint density at radius 3 is 2.67 bits per heavy atom. The number of aryl methyl sites for hydroxylation is 2. The summed E-state index contributed by atoms with van der Waals surface area (Å²) in [7, 11) is 0. The minimum atomic E-state index is 0.551. The summed E-state index contributed by atoms with van der Waals surface area (Å²) in [5.74, 6) is 2.84. The van der Waals surface area contributed by atoms with Gasteiger partial charge in [-0.3, -0.25) is 0 Å². The molecule has 0 bridgehead atoms. The number of hydrogen-bond donors (Lipinski definition) is 0. The summed E-state index contributed by atoms with van der Waals surface area (Å²) in [4.78, 5) is 4.55. The van der Waals surface area contributed by atoms with Crippen LogP contribution in [0.2, 0.25) is 0 Å². The summed E-state index contributed by atoms with van der Waals surface area (Å²) < 4.78 is 11.3. The molecule has 0 N–H and O–H groups in total. The van der Waals surface area contributed by atoms with Gasteiger partial charge in [-0.2, -0.15) is 4.98 Å². The first-order valence-corrected chi connectivity index (χ1v) is 8.34. The van der Waals surface area contributed by atoms with Gasteiger partial charge in [0.05, 0.1) is 6.61 Å². The van der Waals surface area contributed by atoms with Crippen LogP contribution in [-0.4, -0.2) is 16.7 Å². The number of aromatic nitrogens is 2. The first kappa shape index (κ1) is 14.9. The van der Waals surface area contributed by atoms with E-state index in [1.807, 2.05) is 50.2 Å². The van der Waals surface area contributed by atoms with E-state index in [2.05, 4.69) is 16.2 Å². The molecule has 4 nitrogen and oxygen atoms in total. The Labute approximate surface area is 141 Å². The second kappa shape index (κ2) is 6.11. The Balaban J connectivity index is 1.57. The molecule has 0 atom stereocenters. The predicted octanol–water partition coefficient (Wildman–Crippen LogP) is 4.81. The van der Waals surface area contributed by atoms with Gasteiger partial charge in [-0.25, -0.2) is 0 Å². The number of rotatable bonds is 5. The Morgan fingerprint density at radius 2 is 1.92 bits per heavy atom. The second-order valence-electron chi connectivity index (χ2n) is 6.47. The van der Waals surface area contributed by atoms with Crippen molar-refractivity contribution >= 4 is 0 Å². The maximum Gasteiger partial charge on any atom is 0.258 e. The lowest BCUT2D eigenvalue weighted by Crippen LogP contribution is -2.00. The normalized spacial score (nSPS) is 13.9. The zero-order chi connectivity index (χ0) is 16.5. The van der Waals surface area contributed by atoms with Gasteiger partial charge < -0.3 is 9.26 Å². The highest BCUT2D eigenvalue weighted by atomic mass is 16.5. The molecule has 1 fully saturated rings. The fraction of sp³-hybridized carbons (Fsp3) is 0.300. The molecule has 1 saturated carbocycles. The number of nitrogens with zero attached hydrogens (tertiary/aromatic N) is 2. The summed E-state index contributed by atoms with van der Waals surface area (Å²) in [6, 6.07) is 14.0. The first-order chi connectivity index (χ1) is 11.7. The zero-order valence-corrected chi connectivity index (χ0v) is 14.0. The molecular formula is C20H20N2O2. The van der Waals surface area contributed by atoms with E-state index in [-0.39, 0.29) is 0 Å². The zero-order valence-electron chi connectivity index (χ0n) is 14.0. The van der Waals surface area contributed by atoms with Gasteiger partial charge in [-0.15, -0.1) is 0 Å². The van der Waals surface area contributed by atoms with E-state index in [4.69, 9.17) is 9.26 Å². The molecule has 0 aliphatic heterocycles. The maximum atomic E-state index is 5.88. The summed E-state index contributed by atoms with van der Waals surface area (Å²) in [5.41, 5.74) is 4.12. The standard InChI is InChI=1S/C20H20N2O2/c1-13-5-3-4-6-17(13)20-21-19(22-24-20)16-9-10-18(14(2)11-16)23-12-15-7-8-15/h3-6,9-11,15H,7-8,12H2,1-2H3. The molecule has 122 valence electrons. The van der Waals surface area contributed by atoms with E-state index in [0.717, 1.165) is 40.5 Å². The van der Waals surface area contributed by atoms with Gasteiger partial charge in [0.25, 0.3) is 5.89 Å². The van der Waals surface area contributed by atoms with Gasteiger partial charge in [0.2, 0.25) is 5.82 Å². The van der Waals surface area contributed by atoms with Crippen LogP contribution in [0.5, 0.6) is 5.75 Å². The largest absolute Gasteiger partial charge is 0.493 e. The molecule has 1 aromatic heterocycles. The van der Waals surface area contributed by atoms with Crippen molar-refractivity contribution < 1.29 is 9.26 Å². The average Bonchev–Trinajstić information content (AvgIpc) is 3.29. The molecule has 0 spiro atoms. The van der Waals surface area contributed by atoms with E-state index in [1.165, 1.54) is 12.8 Å². The summed E-state index contributed by atoms with van der Waals surface area (Å²) >= 11 is 0. The smallest absolute Gasteiger partial charge is 0.258 e. The minimum Gasteiger partial charge on any atom is -0.493 e. The van der Waals surface area contributed by atoms with Crippen LogP contribution in [0, 0.1) is 19.8 Å². The Morgan fingerprint density at radius 1 is 1.08 bits per heavy atom. The van der Waals surface area contributed by atoms with Crippen LogP contribution < -0.4 is 4.74 Å². The van der Waals surface area contributed by atoms with Crippen LogP contribution in [0.25, 0.3) is 22.8 Å². The van der Waals surface area contributed by atoms with Crippen molar-refractivity contribution in [3.8, 4) is 28.6 Å². The lowest BCUT2D eigenvalue weighted by atomic mass is 10.1. The summed E-state index contributed by atoms with van der Waals surface area (Å²) in [5, 5.41) is 4.13. The molecule has 1 aliphatic carbocycles. The summed E-state index contributed by atoms with van der Waals surface area (Å²) in [6.07, 6.45) is 2.59. The van der Waals surface area contributed by atoms with Crippen LogP contribution in [0.3, 0.4) is 0 Å². The molecule has 4 rings (SSSR count). The fourth-order valence-corrected chi connectivity index (χ4v) is 2.71. The number of benzene rings is 2. The van der Waals surface area contributed by atoms with Crippen molar-refractivity contribution in [2.75, 3.05) is 6.61 Å². The second-order valence-corrected chi connectivity index (χ2v) is 6.47. The first-order valence-electron chi connectivity index (χ1n) is 8.34. The van der Waals surface area contributed by atoms with Gasteiger partial charge in [0.15, 0.2) is 0 Å². The van der Waals surface area contributed by atoms with E-state index in [0.29, 0.717) is 11.7 Å². The molecule has 1 heterocycles. The fourth-order valence-electron chi connectivity index (χ4n) is 2.71. The van der Waals surface area contributed by atoms with Crippen molar-refractivity contribution in [2.45, 2.75) is 26.7 Å². The molecule has 4 heteroatoms. The number of hydrogen-bond acceptors (Lipinski definition) is 4. The average molecular weight is 320 g/mol. The quantitative estimate of drug-likeness (QED) is 0.677. The molecule has 0 radical (unpaired) electrons. The topological polar surface area (TPSA) is 48.2 Å².